The molecule has 0 fully saturated rings. The first-order valence-electron chi connectivity index (χ1n) is 9.65. The first kappa shape index (κ1) is 20.2. The first-order chi connectivity index (χ1) is 14.5. The van der Waals surface area contributed by atoms with Crippen LogP contribution < -0.4 is 21.6 Å². The van der Waals surface area contributed by atoms with Crippen molar-refractivity contribution < 1.29 is 9.13 Å². The quantitative estimate of drug-likeness (QED) is 0.476. The summed E-state index contributed by atoms with van der Waals surface area (Å²) in [7, 11) is 0. The van der Waals surface area contributed by atoms with Crippen molar-refractivity contribution in [1.29, 1.82) is 0 Å². The predicted octanol–water partition coefficient (Wildman–Crippen LogP) is 3.43. The zero-order valence-corrected chi connectivity index (χ0v) is 17.6. The average molecular weight is 427 g/mol. The minimum absolute atomic E-state index is 0.250. The molecule has 0 amide bonds. The number of hydrazone groups is 1. The summed E-state index contributed by atoms with van der Waals surface area (Å²) < 4.78 is 20.3. The van der Waals surface area contributed by atoms with Gasteiger partial charge in [-0.15, -0.1) is 11.8 Å². The normalized spacial score (nSPS) is 21.4. The van der Waals surface area contributed by atoms with Crippen LogP contribution in [-0.2, 0) is 0 Å². The Morgan fingerprint density at radius 2 is 2.20 bits per heavy atom. The van der Waals surface area contributed by atoms with E-state index >= 15 is 0 Å². The van der Waals surface area contributed by atoms with Crippen LogP contribution in [0.5, 0.6) is 5.75 Å². The molecule has 2 aromatic rings. The molecule has 2 aliphatic rings. The topological polar surface area (TPSA) is 111 Å². The molecule has 7 nitrogen and oxygen atoms in total. The summed E-state index contributed by atoms with van der Waals surface area (Å²) >= 11 is 1.65. The molecule has 1 atom stereocenters. The van der Waals surface area contributed by atoms with Gasteiger partial charge in [0.25, 0.3) is 0 Å². The molecule has 0 aliphatic carbocycles. The Morgan fingerprint density at radius 3 is 2.97 bits per heavy atom. The maximum Gasteiger partial charge on any atom is 0.166 e. The SMILES string of the molecule is CCN=C1C(=NN)CC2=C(SCN2)c2ccc(F)cc2C(C)Oc2cc1cnc2N. The van der Waals surface area contributed by atoms with Gasteiger partial charge < -0.3 is 21.6 Å². The molecule has 1 unspecified atom stereocenters. The molecule has 0 radical (unpaired) electrons. The summed E-state index contributed by atoms with van der Waals surface area (Å²) in [5.74, 6) is 6.82. The predicted molar refractivity (Wildman–Crippen MR) is 120 cm³/mol. The molecule has 2 bridgehead atoms. The van der Waals surface area contributed by atoms with E-state index < -0.39 is 6.10 Å². The van der Waals surface area contributed by atoms with E-state index in [9.17, 15) is 4.39 Å². The fraction of sp³-hybridized carbons (Fsp3) is 0.286. The zero-order valence-electron chi connectivity index (χ0n) is 16.8. The third-order valence-electron chi connectivity index (χ3n) is 5.02. The monoisotopic (exact) mass is 426 g/mol. The number of nitrogen functional groups attached to an aromatic ring is 1. The highest BCUT2D eigenvalue weighted by molar-refractivity contribution is 8.08. The van der Waals surface area contributed by atoms with Crippen LogP contribution in [0.4, 0.5) is 10.2 Å². The van der Waals surface area contributed by atoms with E-state index in [0.29, 0.717) is 41.6 Å². The summed E-state index contributed by atoms with van der Waals surface area (Å²) in [5.41, 5.74) is 10.7. The minimum atomic E-state index is -0.446. The van der Waals surface area contributed by atoms with Crippen LogP contribution >= 0.6 is 11.8 Å². The van der Waals surface area contributed by atoms with Gasteiger partial charge in [0.15, 0.2) is 11.6 Å². The standard InChI is InChI=1S/C21H23FN6OS/c1-3-25-19-12-6-18(21(23)26-9-12)29-11(2)15-7-13(22)4-5-14(15)20-17(27-10-30-20)8-16(19)28-24/h4-7,9,11,27H,3,8,10,24H2,1-2H3,(H2,23,26). The Bertz CT molecular complexity index is 1080. The molecule has 1 aromatic heterocycles. The third-order valence-corrected chi connectivity index (χ3v) is 6.06. The second-order valence-electron chi connectivity index (χ2n) is 6.95. The van der Waals surface area contributed by atoms with Gasteiger partial charge in [-0.3, -0.25) is 4.99 Å². The van der Waals surface area contributed by atoms with Crippen LogP contribution in [0.3, 0.4) is 0 Å². The number of aromatic nitrogens is 1. The number of nitrogens with zero attached hydrogens (tertiary/aromatic N) is 3. The van der Waals surface area contributed by atoms with Gasteiger partial charge in [0.05, 0.1) is 17.3 Å². The van der Waals surface area contributed by atoms with Crippen molar-refractivity contribution in [3.05, 3.63) is 58.7 Å². The largest absolute Gasteiger partial charge is 0.482 e. The van der Waals surface area contributed by atoms with Crippen molar-refractivity contribution in [3.63, 3.8) is 0 Å². The van der Waals surface area contributed by atoms with Crippen molar-refractivity contribution in [2.75, 3.05) is 18.2 Å². The van der Waals surface area contributed by atoms with Crippen LogP contribution in [0, 0.1) is 5.82 Å². The molecule has 30 heavy (non-hydrogen) atoms. The number of hydrogen-bond donors (Lipinski definition) is 3. The smallest absolute Gasteiger partial charge is 0.166 e. The van der Waals surface area contributed by atoms with E-state index in [1.54, 1.807) is 30.1 Å². The van der Waals surface area contributed by atoms with Crippen LogP contribution in [0.25, 0.3) is 4.91 Å². The van der Waals surface area contributed by atoms with Gasteiger partial charge in [0.1, 0.15) is 11.9 Å². The number of nitrogens with two attached hydrogens (primary N) is 2. The number of pyridine rings is 1. The van der Waals surface area contributed by atoms with Crippen LogP contribution in [0.15, 0.2) is 46.3 Å². The summed E-state index contributed by atoms with van der Waals surface area (Å²) in [6.45, 7) is 4.37. The lowest BCUT2D eigenvalue weighted by molar-refractivity contribution is 0.227. The molecule has 1 aromatic carbocycles. The highest BCUT2D eigenvalue weighted by Gasteiger charge is 2.26. The van der Waals surface area contributed by atoms with Crippen molar-refractivity contribution in [2.24, 2.45) is 15.9 Å². The highest BCUT2D eigenvalue weighted by atomic mass is 32.2. The number of fused-ring (bicyclic) bond motifs is 4. The highest BCUT2D eigenvalue weighted by Crippen LogP contribution is 2.41. The Hall–Kier alpha value is -3.07. The zero-order chi connectivity index (χ0) is 21.3. The first-order valence-corrected chi connectivity index (χ1v) is 10.6. The molecule has 3 heterocycles. The number of halogens is 1. The number of ether oxygens (including phenoxy) is 1. The maximum absolute atomic E-state index is 14.1. The molecule has 4 rings (SSSR count). The van der Waals surface area contributed by atoms with E-state index in [2.05, 4.69) is 20.4 Å². The van der Waals surface area contributed by atoms with E-state index in [-0.39, 0.29) is 11.6 Å². The summed E-state index contributed by atoms with van der Waals surface area (Å²) in [5, 5.41) is 7.44. The van der Waals surface area contributed by atoms with E-state index in [4.69, 9.17) is 16.3 Å². The lowest BCUT2D eigenvalue weighted by Gasteiger charge is -2.22. The van der Waals surface area contributed by atoms with Gasteiger partial charge in [-0.1, -0.05) is 6.07 Å². The number of anilines is 1. The molecule has 0 saturated carbocycles. The lowest BCUT2D eigenvalue weighted by atomic mass is 9.98. The minimum Gasteiger partial charge on any atom is -0.482 e. The summed E-state index contributed by atoms with van der Waals surface area (Å²) in [6.07, 6.45) is 1.65. The number of thioether (sulfide) groups is 1. The van der Waals surface area contributed by atoms with Gasteiger partial charge in [-0.25, -0.2) is 9.37 Å². The Kier molecular flexibility index (Phi) is 5.63. The lowest BCUT2D eigenvalue weighted by Crippen LogP contribution is -2.23. The van der Waals surface area contributed by atoms with E-state index in [1.165, 1.54) is 12.1 Å². The molecule has 0 saturated heterocycles. The van der Waals surface area contributed by atoms with Crippen molar-refractivity contribution in [3.8, 4) is 5.75 Å². The van der Waals surface area contributed by atoms with Crippen molar-refractivity contribution >= 4 is 33.9 Å². The Labute approximate surface area is 178 Å². The molecule has 5 N–H and O–H groups in total. The van der Waals surface area contributed by atoms with E-state index in [1.807, 2.05) is 13.8 Å². The Balaban J connectivity index is 1.97. The Morgan fingerprint density at radius 1 is 1.37 bits per heavy atom. The summed E-state index contributed by atoms with van der Waals surface area (Å²) in [6, 6.07) is 6.53. The van der Waals surface area contributed by atoms with Crippen LogP contribution in [0.2, 0.25) is 0 Å². The number of hydrogen-bond acceptors (Lipinski definition) is 8. The number of allylic oxidation sites excluding steroid dienone is 1. The second-order valence-corrected chi connectivity index (χ2v) is 7.93. The molecule has 0 spiro atoms. The van der Waals surface area contributed by atoms with Gasteiger partial charge >= 0.3 is 0 Å². The second kappa shape index (κ2) is 8.35. The average Bonchev–Trinajstić information content (AvgIpc) is 3.19. The van der Waals surface area contributed by atoms with Gasteiger partial charge in [-0.2, -0.15) is 5.10 Å². The van der Waals surface area contributed by atoms with E-state index in [0.717, 1.165) is 21.7 Å². The van der Waals surface area contributed by atoms with Gasteiger partial charge in [0, 0.05) is 40.9 Å². The van der Waals surface area contributed by atoms with Gasteiger partial charge in [0.2, 0.25) is 0 Å². The maximum atomic E-state index is 14.1. The van der Waals surface area contributed by atoms with Crippen molar-refractivity contribution in [2.45, 2.75) is 26.4 Å². The fourth-order valence-electron chi connectivity index (χ4n) is 3.62. The molecule has 156 valence electrons. The molecular formula is C21H23FN6OS. The number of aliphatic imine (C=N–C) groups is 1. The number of rotatable bonds is 1. The van der Waals surface area contributed by atoms with Crippen LogP contribution in [-0.4, -0.2) is 28.8 Å². The number of benzene rings is 1. The fourth-order valence-corrected chi connectivity index (χ4v) is 4.67. The molecule has 9 heteroatoms. The number of nitrogens with one attached hydrogen (secondary N) is 1. The van der Waals surface area contributed by atoms with Gasteiger partial charge in [-0.05, 0) is 37.6 Å². The third kappa shape index (κ3) is 3.72. The molecule has 2 aliphatic heterocycles. The molecular weight excluding hydrogens is 403 g/mol. The van der Waals surface area contributed by atoms with Crippen LogP contribution in [0.1, 0.15) is 43.1 Å². The summed E-state index contributed by atoms with van der Waals surface area (Å²) in [4.78, 5) is 9.92. The van der Waals surface area contributed by atoms with Crippen molar-refractivity contribution in [1.82, 2.24) is 10.3 Å².